The monoisotopic (exact) mass is 357 g/mol. The van der Waals surface area contributed by atoms with Gasteiger partial charge >= 0.3 is 5.97 Å². The maximum Gasteiger partial charge on any atom is 0.304 e. The zero-order chi connectivity index (χ0) is 18.9. The van der Waals surface area contributed by atoms with Crippen molar-refractivity contribution in [2.24, 2.45) is 5.92 Å². The average molecular weight is 357 g/mol. The Hall–Kier alpha value is -3.02. The minimum absolute atomic E-state index is 0.241. The number of rotatable bonds is 9. The second-order valence-corrected chi connectivity index (χ2v) is 5.79. The lowest BCUT2D eigenvalue weighted by Gasteiger charge is -2.16. The Bertz CT molecular complexity index is 725. The highest BCUT2D eigenvalue weighted by atomic mass is 16.5. The molecule has 0 spiro atoms. The fraction of sp³-hybridized carbons (Fsp3) is 0.300. The van der Waals surface area contributed by atoms with Crippen LogP contribution in [0.3, 0.4) is 0 Å². The largest absolute Gasteiger partial charge is 0.497 e. The highest BCUT2D eigenvalue weighted by molar-refractivity contribution is 5.94. The van der Waals surface area contributed by atoms with Gasteiger partial charge in [-0.05, 0) is 55.3 Å². The number of amides is 1. The fourth-order valence-corrected chi connectivity index (χ4v) is 2.56. The molecule has 26 heavy (non-hydrogen) atoms. The summed E-state index contributed by atoms with van der Waals surface area (Å²) in [6, 6.07) is 14.2. The molecule has 6 heteroatoms. The van der Waals surface area contributed by atoms with Gasteiger partial charge in [-0.15, -0.1) is 0 Å². The maximum absolute atomic E-state index is 12.6. The Kier molecular flexibility index (Phi) is 7.02. The molecule has 138 valence electrons. The number of hydrogen-bond acceptors (Lipinski definition) is 4. The number of aliphatic carboxylic acids is 1. The van der Waals surface area contributed by atoms with E-state index in [1.165, 1.54) is 0 Å². The van der Waals surface area contributed by atoms with E-state index in [4.69, 9.17) is 14.6 Å². The van der Waals surface area contributed by atoms with Crippen molar-refractivity contribution in [1.82, 2.24) is 0 Å². The van der Waals surface area contributed by atoms with Crippen molar-refractivity contribution in [2.75, 3.05) is 19.0 Å². The van der Waals surface area contributed by atoms with E-state index in [9.17, 15) is 9.59 Å². The molecule has 1 amide bonds. The molecule has 2 aromatic carbocycles. The van der Waals surface area contributed by atoms with Crippen LogP contribution in [0.25, 0.3) is 0 Å². The highest BCUT2D eigenvalue weighted by Crippen LogP contribution is 2.20. The summed E-state index contributed by atoms with van der Waals surface area (Å²) >= 11 is 0. The molecule has 0 aromatic heterocycles. The molecule has 2 rings (SSSR count). The summed E-state index contributed by atoms with van der Waals surface area (Å²) in [5.41, 5.74) is 1.47. The molecular formula is C20H23NO5. The summed E-state index contributed by atoms with van der Waals surface area (Å²) in [5, 5.41) is 11.9. The number of methoxy groups -OCH3 is 1. The van der Waals surface area contributed by atoms with Gasteiger partial charge in [0.15, 0.2) is 0 Å². The van der Waals surface area contributed by atoms with E-state index in [0.29, 0.717) is 30.2 Å². The van der Waals surface area contributed by atoms with Crippen molar-refractivity contribution in [3.8, 4) is 11.5 Å². The third kappa shape index (κ3) is 5.81. The van der Waals surface area contributed by atoms with Crippen LogP contribution < -0.4 is 14.8 Å². The van der Waals surface area contributed by atoms with Gasteiger partial charge in [-0.25, -0.2) is 0 Å². The molecule has 1 atom stereocenters. The number of carbonyl (C=O) groups excluding carboxylic acids is 1. The van der Waals surface area contributed by atoms with Gasteiger partial charge in [0.2, 0.25) is 5.91 Å². The molecule has 2 aromatic rings. The van der Waals surface area contributed by atoms with E-state index in [2.05, 4.69) is 5.32 Å². The van der Waals surface area contributed by atoms with Gasteiger partial charge < -0.3 is 19.9 Å². The van der Waals surface area contributed by atoms with Crippen molar-refractivity contribution in [3.05, 3.63) is 54.1 Å². The van der Waals surface area contributed by atoms with Gasteiger partial charge in [0, 0.05) is 5.69 Å². The van der Waals surface area contributed by atoms with Crippen LogP contribution in [0.5, 0.6) is 11.5 Å². The van der Waals surface area contributed by atoms with Gasteiger partial charge in [0.25, 0.3) is 0 Å². The summed E-state index contributed by atoms with van der Waals surface area (Å²) in [6.07, 6.45) is 0.0913. The third-order valence-electron chi connectivity index (χ3n) is 3.87. The van der Waals surface area contributed by atoms with Crippen LogP contribution in [-0.2, 0) is 16.0 Å². The second-order valence-electron chi connectivity index (χ2n) is 5.79. The van der Waals surface area contributed by atoms with E-state index in [0.717, 1.165) is 5.56 Å². The van der Waals surface area contributed by atoms with Crippen molar-refractivity contribution in [2.45, 2.75) is 19.8 Å². The number of hydrogen-bond donors (Lipinski definition) is 2. The van der Waals surface area contributed by atoms with Gasteiger partial charge in [0.05, 0.1) is 26.1 Å². The van der Waals surface area contributed by atoms with Crippen LogP contribution in [0.1, 0.15) is 18.9 Å². The van der Waals surface area contributed by atoms with E-state index >= 15 is 0 Å². The van der Waals surface area contributed by atoms with Crippen LogP contribution in [0, 0.1) is 5.92 Å². The van der Waals surface area contributed by atoms with E-state index in [1.807, 2.05) is 19.1 Å². The Balaban J connectivity index is 2.06. The standard InChI is InChI=1S/C20H23NO5/c1-3-26-18-10-6-16(7-11-18)21-20(24)15(13-19(22)23)12-14-4-8-17(25-2)9-5-14/h4-11,15H,3,12-13H2,1-2H3,(H,21,24)(H,22,23)/t15-/m0/s1. The van der Waals surface area contributed by atoms with Crippen molar-refractivity contribution >= 4 is 17.6 Å². The number of benzene rings is 2. The smallest absolute Gasteiger partial charge is 0.304 e. The topological polar surface area (TPSA) is 84.9 Å². The van der Waals surface area contributed by atoms with Gasteiger partial charge in [-0.1, -0.05) is 12.1 Å². The first-order valence-corrected chi connectivity index (χ1v) is 8.40. The quantitative estimate of drug-likeness (QED) is 0.719. The van der Waals surface area contributed by atoms with Crippen molar-refractivity contribution in [1.29, 1.82) is 0 Å². The number of carbonyl (C=O) groups is 2. The molecule has 0 aliphatic heterocycles. The molecule has 0 fully saturated rings. The molecule has 6 nitrogen and oxygen atoms in total. The molecule has 0 aliphatic rings. The van der Waals surface area contributed by atoms with Gasteiger partial charge in [-0.3, -0.25) is 9.59 Å². The van der Waals surface area contributed by atoms with Crippen LogP contribution in [0.2, 0.25) is 0 Å². The summed E-state index contributed by atoms with van der Waals surface area (Å²) in [7, 11) is 1.58. The number of carboxylic acid groups (broad SMARTS) is 1. The number of anilines is 1. The first-order chi connectivity index (χ1) is 12.5. The zero-order valence-corrected chi connectivity index (χ0v) is 14.9. The predicted molar refractivity (Wildman–Crippen MR) is 98.7 cm³/mol. The van der Waals surface area contributed by atoms with Gasteiger partial charge in [0.1, 0.15) is 11.5 Å². The molecule has 0 saturated carbocycles. The van der Waals surface area contributed by atoms with Crippen LogP contribution in [0.15, 0.2) is 48.5 Å². The van der Waals surface area contributed by atoms with Crippen LogP contribution >= 0.6 is 0 Å². The molecule has 0 aliphatic carbocycles. The lowest BCUT2D eigenvalue weighted by Crippen LogP contribution is -2.27. The van der Waals surface area contributed by atoms with Crippen molar-refractivity contribution < 1.29 is 24.2 Å². The molecule has 0 bridgehead atoms. The molecule has 2 N–H and O–H groups in total. The SMILES string of the molecule is CCOc1ccc(NC(=O)[C@H](CC(=O)O)Cc2ccc(OC)cc2)cc1. The average Bonchev–Trinajstić information content (AvgIpc) is 2.63. The first kappa shape index (κ1) is 19.3. The Morgan fingerprint density at radius 1 is 1.04 bits per heavy atom. The zero-order valence-electron chi connectivity index (χ0n) is 14.9. The number of ether oxygens (including phenoxy) is 2. The van der Waals surface area contributed by atoms with Crippen LogP contribution in [-0.4, -0.2) is 30.7 Å². The van der Waals surface area contributed by atoms with Crippen LogP contribution in [0.4, 0.5) is 5.69 Å². The summed E-state index contributed by atoms with van der Waals surface area (Å²) < 4.78 is 10.5. The minimum Gasteiger partial charge on any atom is -0.497 e. The highest BCUT2D eigenvalue weighted by Gasteiger charge is 2.22. The van der Waals surface area contributed by atoms with E-state index in [-0.39, 0.29) is 12.3 Å². The maximum atomic E-state index is 12.6. The number of carboxylic acids is 1. The lowest BCUT2D eigenvalue weighted by atomic mass is 9.95. The number of nitrogens with one attached hydrogen (secondary N) is 1. The second kappa shape index (κ2) is 9.46. The normalized spacial score (nSPS) is 11.5. The first-order valence-electron chi connectivity index (χ1n) is 8.40. The fourth-order valence-electron chi connectivity index (χ4n) is 2.56. The van der Waals surface area contributed by atoms with Gasteiger partial charge in [-0.2, -0.15) is 0 Å². The Morgan fingerprint density at radius 3 is 2.19 bits per heavy atom. The summed E-state index contributed by atoms with van der Waals surface area (Å²) in [4.78, 5) is 23.7. The third-order valence-corrected chi connectivity index (χ3v) is 3.87. The minimum atomic E-state index is -1.01. The van der Waals surface area contributed by atoms with Crippen molar-refractivity contribution in [3.63, 3.8) is 0 Å². The predicted octanol–water partition coefficient (Wildman–Crippen LogP) is 3.37. The van der Waals surface area contributed by atoms with E-state index < -0.39 is 11.9 Å². The summed E-state index contributed by atoms with van der Waals surface area (Å²) in [6.45, 7) is 2.46. The summed E-state index contributed by atoms with van der Waals surface area (Å²) in [5.74, 6) is -0.585. The lowest BCUT2D eigenvalue weighted by molar-refractivity contribution is -0.140. The Morgan fingerprint density at radius 2 is 1.65 bits per heavy atom. The molecule has 0 unspecified atom stereocenters. The molecular weight excluding hydrogens is 334 g/mol. The molecule has 0 saturated heterocycles. The van der Waals surface area contributed by atoms with E-state index in [1.54, 1.807) is 43.5 Å². The molecule has 0 heterocycles. The Labute approximate surface area is 152 Å². The molecule has 0 radical (unpaired) electrons.